The van der Waals surface area contributed by atoms with E-state index in [1.807, 2.05) is 0 Å². The molecule has 5 heteroatoms. The molecular weight excluding hydrogens is 222 g/mol. The van der Waals surface area contributed by atoms with Gasteiger partial charge in [0.25, 0.3) is 0 Å². The number of carboxylic acids is 1. The normalized spacial score (nSPS) is 12.3. The van der Waals surface area contributed by atoms with E-state index in [0.29, 0.717) is 12.8 Å². The van der Waals surface area contributed by atoms with Gasteiger partial charge < -0.3 is 15.5 Å². The molecule has 0 aromatic heterocycles. The molecule has 3 N–H and O–H groups in total. The van der Waals surface area contributed by atoms with Crippen molar-refractivity contribution in [3.05, 3.63) is 0 Å². The summed E-state index contributed by atoms with van der Waals surface area (Å²) in [5.74, 6) is -1.01. The number of aliphatic hydroxyl groups is 1. The maximum absolute atomic E-state index is 11.6. The molecule has 0 aromatic rings. The average Bonchev–Trinajstić information content (AvgIpc) is 2.09. The molecule has 0 aromatic carbocycles. The highest BCUT2D eigenvalue weighted by molar-refractivity contribution is 5.77. The first-order valence-electron chi connectivity index (χ1n) is 5.81. The summed E-state index contributed by atoms with van der Waals surface area (Å²) in [6.45, 7) is 6.78. The van der Waals surface area contributed by atoms with E-state index in [1.54, 1.807) is 27.7 Å². The highest BCUT2D eigenvalue weighted by Crippen LogP contribution is 2.20. The van der Waals surface area contributed by atoms with Crippen molar-refractivity contribution in [1.82, 2.24) is 5.32 Å². The minimum absolute atomic E-state index is 0.0855. The first kappa shape index (κ1) is 15.9. The minimum atomic E-state index is -1.01. The Hall–Kier alpha value is -1.10. The van der Waals surface area contributed by atoms with Gasteiger partial charge in [-0.1, -0.05) is 0 Å². The molecule has 0 aliphatic heterocycles. The van der Waals surface area contributed by atoms with Crippen LogP contribution in [0.4, 0.5) is 0 Å². The fraction of sp³-hybridized carbons (Fsp3) is 0.833. The predicted molar refractivity (Wildman–Crippen MR) is 64.6 cm³/mol. The Bertz CT molecular complexity index is 279. The van der Waals surface area contributed by atoms with Crippen LogP contribution in [0.15, 0.2) is 0 Å². The maximum Gasteiger partial charge on any atom is 0.303 e. The van der Waals surface area contributed by atoms with Gasteiger partial charge in [-0.25, -0.2) is 0 Å². The third-order valence-corrected chi connectivity index (χ3v) is 3.03. The molecule has 5 nitrogen and oxygen atoms in total. The summed E-state index contributed by atoms with van der Waals surface area (Å²) in [4.78, 5) is 21.9. The molecule has 0 unspecified atom stereocenters. The summed E-state index contributed by atoms with van der Waals surface area (Å²) in [5, 5.41) is 21.0. The molecule has 0 atom stereocenters. The summed E-state index contributed by atoms with van der Waals surface area (Å²) in [6.07, 6.45) is 1.40. The second-order valence-electron chi connectivity index (χ2n) is 5.33. The Balaban J connectivity index is 3.98. The van der Waals surface area contributed by atoms with E-state index in [9.17, 15) is 14.7 Å². The van der Waals surface area contributed by atoms with Crippen LogP contribution >= 0.6 is 0 Å². The second-order valence-corrected chi connectivity index (χ2v) is 5.33. The zero-order valence-electron chi connectivity index (χ0n) is 11.0. The Morgan fingerprint density at radius 3 is 1.94 bits per heavy atom. The van der Waals surface area contributed by atoms with Gasteiger partial charge in [0.15, 0.2) is 0 Å². The van der Waals surface area contributed by atoms with E-state index in [0.717, 1.165) is 0 Å². The monoisotopic (exact) mass is 245 g/mol. The van der Waals surface area contributed by atoms with Gasteiger partial charge in [-0.3, -0.25) is 9.59 Å². The molecule has 17 heavy (non-hydrogen) atoms. The number of hydrogen-bond acceptors (Lipinski definition) is 3. The van der Waals surface area contributed by atoms with Gasteiger partial charge in [-0.15, -0.1) is 0 Å². The molecule has 0 aliphatic carbocycles. The van der Waals surface area contributed by atoms with E-state index >= 15 is 0 Å². The summed E-state index contributed by atoms with van der Waals surface area (Å²) >= 11 is 0. The highest BCUT2D eigenvalue weighted by atomic mass is 16.4. The van der Waals surface area contributed by atoms with Crippen molar-refractivity contribution in [3.8, 4) is 0 Å². The van der Waals surface area contributed by atoms with Gasteiger partial charge in [0, 0.05) is 12.8 Å². The van der Waals surface area contributed by atoms with E-state index in [1.165, 1.54) is 0 Å². The second kappa shape index (κ2) is 6.00. The molecule has 0 spiro atoms. The smallest absolute Gasteiger partial charge is 0.303 e. The molecule has 0 heterocycles. The molecule has 100 valence electrons. The third-order valence-electron chi connectivity index (χ3n) is 3.03. The van der Waals surface area contributed by atoms with Crippen molar-refractivity contribution in [1.29, 1.82) is 0 Å². The quantitative estimate of drug-likeness (QED) is 0.590. The lowest BCUT2D eigenvalue weighted by molar-refractivity contribution is -0.137. The van der Waals surface area contributed by atoms with E-state index in [2.05, 4.69) is 5.32 Å². The topological polar surface area (TPSA) is 86.6 Å². The first-order valence-corrected chi connectivity index (χ1v) is 5.81. The van der Waals surface area contributed by atoms with Gasteiger partial charge >= 0.3 is 5.97 Å². The van der Waals surface area contributed by atoms with Crippen molar-refractivity contribution in [2.24, 2.45) is 0 Å². The van der Waals surface area contributed by atoms with Crippen LogP contribution in [-0.2, 0) is 9.59 Å². The predicted octanol–water partition coefficient (Wildman–Crippen LogP) is 1.30. The highest BCUT2D eigenvalue weighted by Gasteiger charge is 2.35. The summed E-state index contributed by atoms with van der Waals surface area (Å²) in [7, 11) is 0. The molecule has 0 saturated carbocycles. The van der Waals surface area contributed by atoms with Crippen molar-refractivity contribution < 1.29 is 19.8 Å². The lowest BCUT2D eigenvalue weighted by Gasteiger charge is -2.38. The zero-order valence-corrected chi connectivity index (χ0v) is 11.0. The molecule has 0 fully saturated rings. The number of carbonyl (C=O) groups excluding carboxylic acids is 1. The van der Waals surface area contributed by atoms with Crippen LogP contribution < -0.4 is 5.32 Å². The lowest BCUT2D eigenvalue weighted by atomic mass is 9.86. The van der Waals surface area contributed by atoms with Gasteiger partial charge in [0.1, 0.15) is 0 Å². The van der Waals surface area contributed by atoms with E-state index in [-0.39, 0.29) is 18.7 Å². The number of carboxylic acid groups (broad SMARTS) is 1. The molecule has 1 amide bonds. The van der Waals surface area contributed by atoms with E-state index < -0.39 is 17.1 Å². The van der Waals surface area contributed by atoms with Crippen molar-refractivity contribution in [2.75, 3.05) is 0 Å². The van der Waals surface area contributed by atoms with Gasteiger partial charge in [-0.05, 0) is 40.5 Å². The summed E-state index contributed by atoms with van der Waals surface area (Å²) in [5.41, 5.74) is -1.72. The zero-order chi connectivity index (χ0) is 13.7. The van der Waals surface area contributed by atoms with Gasteiger partial charge in [0.05, 0.1) is 11.1 Å². The fourth-order valence-electron chi connectivity index (χ4n) is 1.13. The third kappa shape index (κ3) is 6.26. The van der Waals surface area contributed by atoms with Crippen LogP contribution in [0.1, 0.15) is 53.4 Å². The Kier molecular flexibility index (Phi) is 5.61. The number of carbonyl (C=O) groups is 2. The number of rotatable bonds is 7. The fourth-order valence-corrected chi connectivity index (χ4v) is 1.13. The molecule has 0 rings (SSSR count). The van der Waals surface area contributed by atoms with Crippen LogP contribution in [0.2, 0.25) is 0 Å². The number of nitrogens with one attached hydrogen (secondary N) is 1. The number of aliphatic carboxylic acids is 1. The Morgan fingerprint density at radius 1 is 1.06 bits per heavy atom. The van der Waals surface area contributed by atoms with Crippen LogP contribution in [0.5, 0.6) is 0 Å². The molecule has 0 bridgehead atoms. The van der Waals surface area contributed by atoms with Crippen LogP contribution in [0.3, 0.4) is 0 Å². The molecule has 0 aliphatic rings. The molecule has 0 saturated heterocycles. The van der Waals surface area contributed by atoms with Crippen molar-refractivity contribution >= 4 is 11.9 Å². The number of amides is 1. The number of unbranched alkanes of at least 4 members (excludes halogenated alkanes) is 1. The number of hydrogen-bond donors (Lipinski definition) is 3. The van der Waals surface area contributed by atoms with Gasteiger partial charge in [0.2, 0.25) is 5.91 Å². The van der Waals surface area contributed by atoms with Crippen molar-refractivity contribution in [2.45, 2.75) is 64.5 Å². The Labute approximate surface area is 102 Å². The minimum Gasteiger partial charge on any atom is -0.481 e. The standard InChI is InChI=1S/C12H23NO4/c1-11(2,12(3,4)17)13-9(14)7-5-6-8-10(15)16/h17H,5-8H2,1-4H3,(H,13,14)(H,15,16). The van der Waals surface area contributed by atoms with Crippen molar-refractivity contribution in [3.63, 3.8) is 0 Å². The largest absolute Gasteiger partial charge is 0.481 e. The molecule has 0 radical (unpaired) electrons. The van der Waals surface area contributed by atoms with Gasteiger partial charge in [-0.2, -0.15) is 0 Å². The van der Waals surface area contributed by atoms with E-state index in [4.69, 9.17) is 5.11 Å². The van der Waals surface area contributed by atoms with Crippen LogP contribution in [0.25, 0.3) is 0 Å². The maximum atomic E-state index is 11.6. The van der Waals surface area contributed by atoms with Crippen LogP contribution in [-0.4, -0.2) is 33.2 Å². The summed E-state index contributed by atoms with van der Waals surface area (Å²) in [6, 6.07) is 0. The Morgan fingerprint density at radius 2 is 1.53 bits per heavy atom. The van der Waals surface area contributed by atoms with Crippen LogP contribution in [0, 0.1) is 0 Å². The lowest BCUT2D eigenvalue weighted by Crippen LogP contribution is -2.57. The summed E-state index contributed by atoms with van der Waals surface area (Å²) < 4.78 is 0. The SMILES string of the molecule is CC(C)(O)C(C)(C)NC(=O)CCCCC(=O)O. The average molecular weight is 245 g/mol. The molecular formula is C12H23NO4. The first-order chi connectivity index (χ1) is 7.56.